The van der Waals surface area contributed by atoms with Gasteiger partial charge < -0.3 is 9.47 Å². The summed E-state index contributed by atoms with van der Waals surface area (Å²) in [6.07, 6.45) is 11.0. The van der Waals surface area contributed by atoms with Gasteiger partial charge in [-0.3, -0.25) is 0 Å². The Bertz CT molecular complexity index is 1570. The van der Waals surface area contributed by atoms with Crippen molar-refractivity contribution in [3.8, 4) is 47.7 Å². The molecule has 35 heavy (non-hydrogen) atoms. The quantitative estimate of drug-likeness (QED) is 0.290. The third-order valence-electron chi connectivity index (χ3n) is 5.39. The highest BCUT2D eigenvalue weighted by atomic mass is 32.2. The third-order valence-corrected chi connectivity index (χ3v) is 7.17. The second kappa shape index (κ2) is 9.81. The Hall–Kier alpha value is -4.45. The molecule has 0 aromatic heterocycles. The monoisotopic (exact) mass is 478 g/mol. The minimum atomic E-state index is -3.72. The molecule has 0 aliphatic carbocycles. The number of hydrogen-bond donors (Lipinski definition) is 0. The van der Waals surface area contributed by atoms with Crippen LogP contribution in [0, 0.1) is 38.5 Å². The highest BCUT2D eigenvalue weighted by Crippen LogP contribution is 2.30. The van der Waals surface area contributed by atoms with Gasteiger partial charge >= 0.3 is 0 Å². The smallest absolute Gasteiger partial charge is 0.206 e. The lowest BCUT2D eigenvalue weighted by Gasteiger charge is -2.11. The molecular formula is C30H22O4S. The molecule has 0 saturated heterocycles. The Kier molecular flexibility index (Phi) is 6.64. The SMILES string of the molecule is C#Cc1cc(C)cc(Oc2ccc(S(=O)(=O)c3ccc(Oc4cccc(C#C)c4C)cc3)cc2)c1. The molecule has 0 radical (unpaired) electrons. The molecule has 0 aliphatic heterocycles. The van der Waals surface area contributed by atoms with E-state index in [9.17, 15) is 8.42 Å². The van der Waals surface area contributed by atoms with Gasteiger partial charge in [-0.15, -0.1) is 12.8 Å². The molecule has 0 N–H and O–H groups in total. The van der Waals surface area contributed by atoms with E-state index in [2.05, 4.69) is 11.8 Å². The molecule has 5 heteroatoms. The van der Waals surface area contributed by atoms with E-state index in [0.717, 1.165) is 16.7 Å². The van der Waals surface area contributed by atoms with Gasteiger partial charge in [0.2, 0.25) is 9.84 Å². The Morgan fingerprint density at radius 2 is 1.29 bits per heavy atom. The van der Waals surface area contributed by atoms with E-state index in [4.69, 9.17) is 22.3 Å². The molecule has 0 unspecified atom stereocenters. The lowest BCUT2D eigenvalue weighted by molar-refractivity contribution is 0.478. The lowest BCUT2D eigenvalue weighted by Crippen LogP contribution is -2.02. The lowest BCUT2D eigenvalue weighted by atomic mass is 10.1. The summed E-state index contributed by atoms with van der Waals surface area (Å²) in [6, 6.07) is 23.5. The third kappa shape index (κ3) is 5.22. The summed E-state index contributed by atoms with van der Waals surface area (Å²) >= 11 is 0. The van der Waals surface area contributed by atoms with Gasteiger partial charge in [0.25, 0.3) is 0 Å². The number of benzene rings is 4. The normalized spacial score (nSPS) is 10.7. The fourth-order valence-corrected chi connectivity index (χ4v) is 4.81. The van der Waals surface area contributed by atoms with Gasteiger partial charge in [0.1, 0.15) is 23.0 Å². The van der Waals surface area contributed by atoms with Gasteiger partial charge in [0, 0.05) is 16.7 Å². The van der Waals surface area contributed by atoms with Crippen molar-refractivity contribution in [2.75, 3.05) is 0 Å². The molecule has 0 amide bonds. The molecule has 172 valence electrons. The van der Waals surface area contributed by atoms with Crippen LogP contribution in [0.25, 0.3) is 0 Å². The molecular weight excluding hydrogens is 456 g/mol. The molecule has 4 aromatic rings. The highest BCUT2D eigenvalue weighted by Gasteiger charge is 2.18. The Morgan fingerprint density at radius 3 is 1.86 bits per heavy atom. The zero-order valence-corrected chi connectivity index (χ0v) is 20.1. The van der Waals surface area contributed by atoms with Crippen LogP contribution < -0.4 is 9.47 Å². The first kappa shape index (κ1) is 23.7. The number of terminal acetylenes is 2. The maximum atomic E-state index is 13.1. The highest BCUT2D eigenvalue weighted by molar-refractivity contribution is 7.91. The zero-order valence-electron chi connectivity index (χ0n) is 19.3. The van der Waals surface area contributed by atoms with Crippen LogP contribution in [0.4, 0.5) is 0 Å². The van der Waals surface area contributed by atoms with Crippen LogP contribution in [-0.2, 0) is 9.84 Å². The maximum absolute atomic E-state index is 13.1. The van der Waals surface area contributed by atoms with Gasteiger partial charge in [0.15, 0.2) is 0 Å². The van der Waals surface area contributed by atoms with Gasteiger partial charge in [0.05, 0.1) is 9.79 Å². The molecule has 0 heterocycles. The predicted octanol–water partition coefficient (Wildman–Crippen LogP) is 6.68. The minimum absolute atomic E-state index is 0.157. The van der Waals surface area contributed by atoms with Gasteiger partial charge in [-0.1, -0.05) is 17.9 Å². The van der Waals surface area contributed by atoms with E-state index in [1.54, 1.807) is 30.3 Å². The van der Waals surface area contributed by atoms with Gasteiger partial charge in [-0.05, 0) is 98.3 Å². The maximum Gasteiger partial charge on any atom is 0.206 e. The predicted molar refractivity (Wildman–Crippen MR) is 137 cm³/mol. The first-order chi connectivity index (χ1) is 16.8. The first-order valence-electron chi connectivity index (χ1n) is 10.8. The fourth-order valence-electron chi connectivity index (χ4n) is 3.54. The van der Waals surface area contributed by atoms with Gasteiger partial charge in [-0.2, -0.15) is 0 Å². The van der Waals surface area contributed by atoms with Crippen molar-refractivity contribution in [3.63, 3.8) is 0 Å². The summed E-state index contributed by atoms with van der Waals surface area (Å²) in [7, 11) is -3.72. The van der Waals surface area contributed by atoms with Crippen LogP contribution >= 0.6 is 0 Å². The average Bonchev–Trinajstić information content (AvgIpc) is 2.85. The molecule has 0 bridgehead atoms. The van der Waals surface area contributed by atoms with Crippen LogP contribution in [0.15, 0.2) is 94.7 Å². The Balaban J connectivity index is 1.51. The van der Waals surface area contributed by atoms with Crippen LogP contribution in [0.5, 0.6) is 23.0 Å². The van der Waals surface area contributed by atoms with Crippen LogP contribution in [0.2, 0.25) is 0 Å². The van der Waals surface area contributed by atoms with Crippen molar-refractivity contribution in [2.24, 2.45) is 0 Å². The average molecular weight is 479 g/mol. The number of ether oxygens (including phenoxy) is 2. The van der Waals surface area contributed by atoms with E-state index in [1.165, 1.54) is 24.3 Å². The van der Waals surface area contributed by atoms with Crippen molar-refractivity contribution in [2.45, 2.75) is 23.6 Å². The Morgan fingerprint density at radius 1 is 0.686 bits per heavy atom. The molecule has 0 spiro atoms. The van der Waals surface area contributed by atoms with Crippen LogP contribution in [0.1, 0.15) is 22.3 Å². The van der Waals surface area contributed by atoms with Crippen molar-refractivity contribution in [1.82, 2.24) is 0 Å². The van der Waals surface area contributed by atoms with E-state index in [-0.39, 0.29) is 9.79 Å². The standard InChI is InChI=1S/C30H22O4S/c1-5-23-18-21(3)19-27(20-23)33-25-10-14-28(15-11-25)35(31,32)29-16-12-26(13-17-29)34-30-9-7-8-24(6-2)22(30)4/h1-2,7-20H,3-4H3. The summed E-state index contributed by atoms with van der Waals surface area (Å²) in [4.78, 5) is 0.314. The fraction of sp³-hybridized carbons (Fsp3) is 0.0667. The molecule has 0 fully saturated rings. The molecule has 4 nitrogen and oxygen atoms in total. The first-order valence-corrected chi connectivity index (χ1v) is 12.2. The largest absolute Gasteiger partial charge is 0.457 e. The molecule has 0 aliphatic rings. The van der Waals surface area contributed by atoms with Crippen molar-refractivity contribution in [1.29, 1.82) is 0 Å². The summed E-state index contributed by atoms with van der Waals surface area (Å²) < 4.78 is 38.0. The summed E-state index contributed by atoms with van der Waals surface area (Å²) in [5, 5.41) is 0. The zero-order chi connectivity index (χ0) is 25.0. The summed E-state index contributed by atoms with van der Waals surface area (Å²) in [5.74, 6) is 7.43. The minimum Gasteiger partial charge on any atom is -0.457 e. The molecule has 0 saturated carbocycles. The topological polar surface area (TPSA) is 52.6 Å². The van der Waals surface area contributed by atoms with E-state index in [1.807, 2.05) is 44.2 Å². The van der Waals surface area contributed by atoms with Crippen molar-refractivity contribution >= 4 is 9.84 Å². The second-order valence-corrected chi connectivity index (χ2v) is 9.85. The number of sulfone groups is 1. The van der Waals surface area contributed by atoms with Crippen molar-refractivity contribution in [3.05, 3.63) is 107 Å². The summed E-state index contributed by atoms with van der Waals surface area (Å²) in [5.41, 5.74) is 3.27. The summed E-state index contributed by atoms with van der Waals surface area (Å²) in [6.45, 7) is 3.80. The number of rotatable bonds is 6. The molecule has 4 aromatic carbocycles. The molecule has 0 atom stereocenters. The van der Waals surface area contributed by atoms with Crippen LogP contribution in [0.3, 0.4) is 0 Å². The van der Waals surface area contributed by atoms with Crippen LogP contribution in [-0.4, -0.2) is 8.42 Å². The number of aryl methyl sites for hydroxylation is 1. The van der Waals surface area contributed by atoms with E-state index >= 15 is 0 Å². The second-order valence-electron chi connectivity index (χ2n) is 7.90. The van der Waals surface area contributed by atoms with E-state index < -0.39 is 9.84 Å². The van der Waals surface area contributed by atoms with Gasteiger partial charge in [-0.25, -0.2) is 8.42 Å². The van der Waals surface area contributed by atoms with Crippen molar-refractivity contribution < 1.29 is 17.9 Å². The molecule has 4 rings (SSSR count). The Labute approximate surface area is 206 Å². The number of hydrogen-bond acceptors (Lipinski definition) is 4. The van der Waals surface area contributed by atoms with E-state index in [0.29, 0.717) is 28.6 Å².